The van der Waals surface area contributed by atoms with Gasteiger partial charge in [-0.3, -0.25) is 57.7 Å². The molecule has 486 valence electrons. The molecule has 2 fully saturated rings. The van der Waals surface area contributed by atoms with Gasteiger partial charge in [-0.25, -0.2) is 4.98 Å². The second-order valence-electron chi connectivity index (χ2n) is 22.9. The Morgan fingerprint density at radius 3 is 2.22 bits per heavy atom. The summed E-state index contributed by atoms with van der Waals surface area (Å²) >= 11 is 2.61. The number of carbonyl (C=O) groups is 10. The van der Waals surface area contributed by atoms with E-state index in [1.165, 1.54) is 41.0 Å². The molecular weight excluding hydrogens is 1160 g/mol. The van der Waals surface area contributed by atoms with Gasteiger partial charge in [0.25, 0.3) is 5.91 Å². The van der Waals surface area contributed by atoms with Crippen molar-refractivity contribution in [2.75, 3.05) is 52.0 Å². The first-order valence-corrected chi connectivity index (χ1v) is 32.7. The van der Waals surface area contributed by atoms with Gasteiger partial charge >= 0.3 is 12.1 Å². The molecule has 87 heavy (non-hydrogen) atoms. The molecule has 0 radical (unpaired) electrons. The van der Waals surface area contributed by atoms with Crippen LogP contribution in [0.5, 0.6) is 5.75 Å². The maximum absolute atomic E-state index is 14.3. The summed E-state index contributed by atoms with van der Waals surface area (Å²) in [6.45, 7) is 20.7. The lowest BCUT2D eigenvalue weighted by atomic mass is 9.83. The lowest BCUT2D eigenvalue weighted by Gasteiger charge is -2.37. The summed E-state index contributed by atoms with van der Waals surface area (Å²) in [5.74, 6) is -3.46. The number of thiazole rings is 1. The number of thioether (sulfide) groups is 1. The maximum Gasteiger partial charge on any atom is 0.373 e. The molecule has 4 rings (SSSR count). The van der Waals surface area contributed by atoms with Crippen LogP contribution in [0.15, 0.2) is 23.6 Å². The van der Waals surface area contributed by atoms with E-state index in [9.17, 15) is 53.1 Å². The fourth-order valence-corrected chi connectivity index (χ4v) is 11.9. The number of rotatable bonds is 35. The molecular formula is C63H97N7O15S2. The highest BCUT2D eigenvalue weighted by molar-refractivity contribution is 8.00. The Balaban J connectivity index is 0.000000936. The van der Waals surface area contributed by atoms with E-state index in [0.717, 1.165) is 50.6 Å². The fourth-order valence-electron chi connectivity index (χ4n) is 10.4. The molecule has 24 heteroatoms. The van der Waals surface area contributed by atoms with Crippen LogP contribution in [-0.2, 0) is 68.6 Å². The number of benzene rings is 1. The van der Waals surface area contributed by atoms with Gasteiger partial charge in [-0.2, -0.15) is 21.4 Å². The Hall–Kier alpha value is -6.20. The van der Waals surface area contributed by atoms with E-state index < -0.39 is 41.8 Å². The molecule has 1 aromatic heterocycles. The molecule has 0 spiro atoms. The number of ketones is 3. The van der Waals surface area contributed by atoms with Gasteiger partial charge in [-0.05, 0) is 102 Å². The van der Waals surface area contributed by atoms with Crippen LogP contribution in [0.3, 0.4) is 0 Å². The van der Waals surface area contributed by atoms with Gasteiger partial charge in [0.1, 0.15) is 22.2 Å². The zero-order valence-electron chi connectivity index (χ0n) is 53.5. The highest BCUT2D eigenvalue weighted by Crippen LogP contribution is 2.34. The summed E-state index contributed by atoms with van der Waals surface area (Å²) in [7, 11) is 3.73. The van der Waals surface area contributed by atoms with Gasteiger partial charge in [0.05, 0.1) is 23.0 Å². The van der Waals surface area contributed by atoms with Crippen molar-refractivity contribution in [3.05, 3.63) is 39.8 Å². The quantitative estimate of drug-likeness (QED) is 0.0219. The number of imide groups is 1. The number of Topliss-reactive ketones (excluding diaryl/α,β-unsaturated/α-hetero) is 3. The molecule has 0 bridgehead atoms. The van der Waals surface area contributed by atoms with Crippen LogP contribution >= 0.6 is 23.1 Å². The van der Waals surface area contributed by atoms with Gasteiger partial charge in [-0.1, -0.05) is 73.8 Å². The highest BCUT2D eigenvalue weighted by Gasteiger charge is 2.39. The van der Waals surface area contributed by atoms with Gasteiger partial charge in [0, 0.05) is 108 Å². The number of piperidine rings is 1. The number of likely N-dealkylation sites (N-methyl/N-ethyl adjacent to an activating group) is 1. The number of phenolic OH excluding ortho intramolecular Hbond substituents is 1. The maximum atomic E-state index is 14.3. The zero-order chi connectivity index (χ0) is 65.5. The Labute approximate surface area is 522 Å². The van der Waals surface area contributed by atoms with Crippen LogP contribution < -0.4 is 16.0 Å². The van der Waals surface area contributed by atoms with Gasteiger partial charge in [-0.15, -0.1) is 11.3 Å². The number of nitrogens with one attached hydrogen (secondary N) is 3. The second kappa shape index (κ2) is 40.4. The van der Waals surface area contributed by atoms with Crippen LogP contribution in [0.2, 0.25) is 0 Å². The predicted molar refractivity (Wildman–Crippen MR) is 332 cm³/mol. The summed E-state index contributed by atoms with van der Waals surface area (Å²) in [5.41, 5.74) is 1.05. The molecule has 3 heterocycles. The van der Waals surface area contributed by atoms with Crippen molar-refractivity contribution in [1.29, 1.82) is 0 Å². The average molecular weight is 1260 g/mol. The molecule has 2 aliphatic heterocycles. The van der Waals surface area contributed by atoms with Crippen LogP contribution in [-0.4, -0.2) is 166 Å². The Kier molecular flexibility index (Phi) is 35.7. The van der Waals surface area contributed by atoms with Crippen LogP contribution in [0, 0.1) is 23.7 Å². The monoisotopic (exact) mass is 1260 g/mol. The number of aromatic hydroxyl groups is 1. The number of aromatic nitrogens is 1. The summed E-state index contributed by atoms with van der Waals surface area (Å²) in [6, 6.07) is 3.18. The number of phenols is 1. The summed E-state index contributed by atoms with van der Waals surface area (Å²) in [5, 5.41) is 20.8. The Morgan fingerprint density at radius 1 is 0.954 bits per heavy atom. The van der Waals surface area contributed by atoms with Crippen molar-refractivity contribution < 1.29 is 72.1 Å². The number of likely N-dealkylation sites (tertiary alicyclic amines) is 2. The standard InChI is InChI=1S/C48H74N6O9S.C14H23NO4S.CO2/c1-12-17-34(23-33-19-20-40(56)36(24-33)51-45(60)30(7)22-41(57)31(8)49-44(59)14-3)50-46(61)37-27-64-47(52-37)43(63-32(9)55)26-39(28(4)5)54(11)48(62)35(29(6)13-2)25-42(58)38-18-15-16-21-53(38)10;1-3-19-9-5-7-11(16)6-4-8-15-13(17)10-12(20-2)14(15)18;2-1-3/h19-20,24,27-31,34-35,38-39,43,56H,12-18,21-23,25-26H2,1-11H3,(H,49,59)(H,50,61)(H,51,60);12H,3-10H2,1-2H3;/t29-,30+,31-,34+,35-,38?,39+,43+;;/m0../s1. The molecule has 4 N–H and O–H groups in total. The molecule has 1 aromatic carbocycles. The summed E-state index contributed by atoms with van der Waals surface area (Å²) in [6.07, 6.45) is 9.65. The molecule has 0 saturated carbocycles. The topological polar surface area (TPSA) is 302 Å². The highest BCUT2D eigenvalue weighted by atomic mass is 32.2. The molecule has 2 unspecified atom stereocenters. The third-order valence-corrected chi connectivity index (χ3v) is 17.7. The van der Waals surface area contributed by atoms with E-state index in [1.54, 1.807) is 50.2 Å². The number of hydrogen-bond donors (Lipinski definition) is 4. The Bertz CT molecular complexity index is 2630. The minimum atomic E-state index is -0.838. The van der Waals surface area contributed by atoms with E-state index >= 15 is 0 Å². The van der Waals surface area contributed by atoms with Crippen molar-refractivity contribution in [2.45, 2.75) is 207 Å². The predicted octanol–water partition coefficient (Wildman–Crippen LogP) is 8.08. The average Bonchev–Trinajstić information content (AvgIpc) is 3.63. The molecule has 2 aromatic rings. The molecule has 22 nitrogen and oxygen atoms in total. The largest absolute Gasteiger partial charge is 0.506 e. The smallest absolute Gasteiger partial charge is 0.373 e. The molecule has 2 aliphatic rings. The molecule has 0 aliphatic carbocycles. The number of ether oxygens (including phenoxy) is 2. The molecule has 9 atom stereocenters. The van der Waals surface area contributed by atoms with Gasteiger partial charge in [0.2, 0.25) is 29.5 Å². The second-order valence-corrected chi connectivity index (χ2v) is 24.8. The van der Waals surface area contributed by atoms with Gasteiger partial charge in [0.15, 0.2) is 17.7 Å². The zero-order valence-corrected chi connectivity index (χ0v) is 55.1. The number of anilines is 1. The van der Waals surface area contributed by atoms with Crippen LogP contribution in [0.4, 0.5) is 5.69 Å². The fraction of sp³-hybridized carbons (Fsp3) is 0.683. The Morgan fingerprint density at radius 2 is 1.63 bits per heavy atom. The minimum absolute atomic E-state index is 0.0205. The molecule has 2 saturated heterocycles. The number of carbonyl (C=O) groups excluding carboxylic acids is 12. The van der Waals surface area contributed by atoms with Crippen molar-refractivity contribution >= 4 is 93.7 Å². The first-order chi connectivity index (χ1) is 41.2. The van der Waals surface area contributed by atoms with Crippen LogP contribution in [0.25, 0.3) is 0 Å². The van der Waals surface area contributed by atoms with E-state index in [2.05, 4.69) is 25.8 Å². The van der Waals surface area contributed by atoms with Crippen molar-refractivity contribution in [3.63, 3.8) is 0 Å². The summed E-state index contributed by atoms with van der Waals surface area (Å²) in [4.78, 5) is 153. The number of amides is 6. The third-order valence-electron chi connectivity index (χ3n) is 15.8. The lowest BCUT2D eigenvalue weighted by molar-refractivity contribution is -0.192. The summed E-state index contributed by atoms with van der Waals surface area (Å²) < 4.78 is 11.0. The molecule has 6 amide bonds. The number of esters is 1. The van der Waals surface area contributed by atoms with E-state index in [4.69, 9.17) is 19.1 Å². The first kappa shape index (κ1) is 76.9. The normalized spacial score (nSPS) is 17.3. The van der Waals surface area contributed by atoms with Crippen molar-refractivity contribution in [3.8, 4) is 5.75 Å². The third kappa shape index (κ3) is 26.2. The van der Waals surface area contributed by atoms with E-state index in [-0.39, 0.29) is 125 Å². The first-order valence-electron chi connectivity index (χ1n) is 30.6. The minimum Gasteiger partial charge on any atom is -0.506 e. The number of nitrogens with zero attached hydrogens (tertiary/aromatic N) is 4. The van der Waals surface area contributed by atoms with E-state index in [0.29, 0.717) is 63.3 Å². The number of hydrogen-bond acceptors (Lipinski definition) is 19. The van der Waals surface area contributed by atoms with Crippen LogP contribution in [0.1, 0.15) is 193 Å². The van der Waals surface area contributed by atoms with Crippen molar-refractivity contribution in [2.24, 2.45) is 23.7 Å². The van der Waals surface area contributed by atoms with E-state index in [1.807, 2.05) is 54.8 Å². The van der Waals surface area contributed by atoms with Gasteiger partial charge < -0.3 is 35.4 Å². The van der Waals surface area contributed by atoms with Crippen molar-refractivity contribution in [1.82, 2.24) is 30.3 Å². The SMILES string of the molecule is CCC[C@H](Cc1ccc(O)c(NC(=O)[C@H](C)CC(=O)[C@H](C)NC(=O)CC)c1)NC(=O)c1csc([C@@H](C[C@H](C(C)C)N(C)C(=O)[C@@H](CC(=O)C2CCCCN2C)[C@@H](C)CC)OC(C)=O)n1.CCOCCCC(=O)CCCN1C(=O)CC(SC)C1=O.O=C=O. The lowest BCUT2D eigenvalue weighted by Crippen LogP contribution is -2.48.